The normalized spacial score (nSPS) is 12.3. The number of aromatic amines is 1. The van der Waals surface area contributed by atoms with E-state index in [1.165, 1.54) is 6.20 Å². The number of esters is 1. The molecule has 0 atom stereocenters. The molecule has 0 radical (unpaired) electrons. The number of carboxylic acid groups (broad SMARTS) is 1. The number of anilines is 1. The maximum Gasteiger partial charge on any atom is 0.419 e. The van der Waals surface area contributed by atoms with Crippen LogP contribution >= 0.6 is 0 Å². The number of rotatable bonds is 11. The zero-order valence-corrected chi connectivity index (χ0v) is 21.9. The maximum atomic E-state index is 13.3. The fourth-order valence-corrected chi connectivity index (χ4v) is 3.69. The lowest BCUT2D eigenvalue weighted by Gasteiger charge is -2.20. The number of aliphatic carboxylic acids is 1. The first-order valence-electron chi connectivity index (χ1n) is 12.3. The van der Waals surface area contributed by atoms with Crippen molar-refractivity contribution in [2.75, 3.05) is 18.7 Å². The molecule has 0 aliphatic heterocycles. The average Bonchev–Trinajstić information content (AvgIpc) is 3.64. The summed E-state index contributed by atoms with van der Waals surface area (Å²) in [6.45, 7) is 5.00. The van der Waals surface area contributed by atoms with E-state index in [0.29, 0.717) is 41.9 Å². The van der Waals surface area contributed by atoms with Crippen molar-refractivity contribution in [2.24, 2.45) is 0 Å². The van der Waals surface area contributed by atoms with Gasteiger partial charge in [0.1, 0.15) is 5.84 Å². The molecule has 0 saturated heterocycles. The van der Waals surface area contributed by atoms with Crippen LogP contribution < -0.4 is 10.6 Å². The lowest BCUT2D eigenvalue weighted by Crippen LogP contribution is -2.39. The third-order valence-electron chi connectivity index (χ3n) is 5.99. The minimum absolute atomic E-state index is 0.0449. The molecule has 1 aromatic heterocycles. The van der Waals surface area contributed by atoms with E-state index >= 15 is 0 Å². The summed E-state index contributed by atoms with van der Waals surface area (Å²) in [7, 11) is 0. The molecule has 1 heterocycles. The molecule has 2 aromatic rings. The predicted octanol–water partition coefficient (Wildman–Crippen LogP) is 2.93. The number of hydrogen-bond acceptors (Lipinski definition) is 8. The Labute approximate surface area is 224 Å². The van der Waals surface area contributed by atoms with E-state index in [9.17, 15) is 24.0 Å². The molecule has 208 valence electrons. The topological polar surface area (TPSA) is 191 Å². The SMILES string of the molecule is CCNC(=O)c1ccc(C)c(NC(=N)c2[nH]cc(C(=O)N(C(=O)OCOC(=O)CCC(=O)O)C3CC3)c2C)c1. The number of ether oxygens (including phenoxy) is 2. The Morgan fingerprint density at radius 3 is 2.49 bits per heavy atom. The van der Waals surface area contributed by atoms with Crippen LogP contribution in [0.3, 0.4) is 0 Å². The average molecular weight is 542 g/mol. The molecule has 13 heteroatoms. The maximum absolute atomic E-state index is 13.3. The van der Waals surface area contributed by atoms with Gasteiger partial charge in [0.15, 0.2) is 0 Å². The Morgan fingerprint density at radius 1 is 1.13 bits per heavy atom. The second-order valence-corrected chi connectivity index (χ2v) is 8.94. The van der Waals surface area contributed by atoms with Gasteiger partial charge in [-0.25, -0.2) is 9.69 Å². The number of aromatic nitrogens is 1. The summed E-state index contributed by atoms with van der Waals surface area (Å²) in [6, 6.07) is 4.72. The van der Waals surface area contributed by atoms with E-state index in [1.54, 1.807) is 25.1 Å². The van der Waals surface area contributed by atoms with E-state index in [-0.39, 0.29) is 29.8 Å². The highest BCUT2D eigenvalue weighted by Crippen LogP contribution is 2.30. The van der Waals surface area contributed by atoms with Crippen molar-refractivity contribution in [3.8, 4) is 0 Å². The smallest absolute Gasteiger partial charge is 0.419 e. The van der Waals surface area contributed by atoms with Crippen molar-refractivity contribution in [1.29, 1.82) is 5.41 Å². The Kier molecular flexibility index (Phi) is 9.42. The van der Waals surface area contributed by atoms with Crippen LogP contribution in [0.25, 0.3) is 0 Å². The number of H-pyrrole nitrogens is 1. The monoisotopic (exact) mass is 541 g/mol. The summed E-state index contributed by atoms with van der Waals surface area (Å²) < 4.78 is 9.65. The largest absolute Gasteiger partial charge is 0.481 e. The number of amidine groups is 1. The molecule has 1 aromatic carbocycles. The first-order chi connectivity index (χ1) is 18.5. The minimum Gasteiger partial charge on any atom is -0.481 e. The standard InChI is InChI=1S/C26H31N5O8/c1-4-28-24(35)16-6-5-14(2)19(11-16)30-23(27)22-15(3)18(12-29-22)25(36)31(17-7-8-17)26(37)39-13-38-21(34)10-9-20(32)33/h5-6,11-12,17,29H,4,7-10,13H2,1-3H3,(H2,27,30)(H,28,35)(H,32,33). The predicted molar refractivity (Wildman–Crippen MR) is 139 cm³/mol. The number of nitrogens with one attached hydrogen (secondary N) is 4. The quantitative estimate of drug-likeness (QED) is 0.123. The summed E-state index contributed by atoms with van der Waals surface area (Å²) in [5.41, 5.74) is 2.69. The first kappa shape index (κ1) is 28.9. The Morgan fingerprint density at radius 2 is 1.85 bits per heavy atom. The molecule has 5 N–H and O–H groups in total. The van der Waals surface area contributed by atoms with Gasteiger partial charge in [-0.05, 0) is 56.9 Å². The third kappa shape index (κ3) is 7.43. The van der Waals surface area contributed by atoms with Crippen LogP contribution in [0.1, 0.15) is 70.1 Å². The van der Waals surface area contributed by atoms with Crippen LogP contribution in [-0.4, -0.2) is 70.1 Å². The molecule has 1 aliphatic rings. The summed E-state index contributed by atoms with van der Waals surface area (Å²) >= 11 is 0. The molecular formula is C26H31N5O8. The van der Waals surface area contributed by atoms with E-state index in [0.717, 1.165) is 10.5 Å². The van der Waals surface area contributed by atoms with Crippen LogP contribution in [0, 0.1) is 19.3 Å². The highest BCUT2D eigenvalue weighted by Gasteiger charge is 2.40. The number of nitrogens with zero attached hydrogens (tertiary/aromatic N) is 1. The minimum atomic E-state index is -1.16. The molecule has 13 nitrogen and oxygen atoms in total. The molecule has 39 heavy (non-hydrogen) atoms. The van der Waals surface area contributed by atoms with Crippen LogP contribution in [0.15, 0.2) is 24.4 Å². The molecule has 0 spiro atoms. The van der Waals surface area contributed by atoms with Gasteiger partial charge in [0, 0.05) is 30.0 Å². The molecule has 1 saturated carbocycles. The third-order valence-corrected chi connectivity index (χ3v) is 5.99. The molecule has 1 aliphatic carbocycles. The lowest BCUT2D eigenvalue weighted by atomic mass is 10.1. The van der Waals surface area contributed by atoms with Crippen molar-refractivity contribution in [1.82, 2.24) is 15.2 Å². The number of carbonyl (C=O) groups is 5. The van der Waals surface area contributed by atoms with Crippen molar-refractivity contribution >= 4 is 41.4 Å². The summed E-state index contributed by atoms with van der Waals surface area (Å²) in [5, 5.41) is 22.9. The second-order valence-electron chi connectivity index (χ2n) is 8.94. The second kappa shape index (κ2) is 12.7. The van der Waals surface area contributed by atoms with Crippen LogP contribution in [0.5, 0.6) is 0 Å². The summed E-state index contributed by atoms with van der Waals surface area (Å²) in [5.74, 6) is -2.93. The van der Waals surface area contributed by atoms with Crippen LogP contribution in [0.2, 0.25) is 0 Å². The lowest BCUT2D eigenvalue weighted by molar-refractivity contribution is -0.154. The van der Waals surface area contributed by atoms with E-state index in [4.69, 9.17) is 20.0 Å². The van der Waals surface area contributed by atoms with E-state index in [2.05, 4.69) is 15.6 Å². The van der Waals surface area contributed by atoms with Gasteiger partial charge in [-0.3, -0.25) is 24.6 Å². The first-order valence-corrected chi connectivity index (χ1v) is 12.3. The Bertz CT molecular complexity index is 1300. The fourth-order valence-electron chi connectivity index (χ4n) is 3.69. The van der Waals surface area contributed by atoms with Gasteiger partial charge in [0.05, 0.1) is 24.1 Å². The summed E-state index contributed by atoms with van der Waals surface area (Å²) in [4.78, 5) is 64.1. The van der Waals surface area contributed by atoms with Gasteiger partial charge < -0.3 is 30.2 Å². The molecule has 0 unspecified atom stereocenters. The summed E-state index contributed by atoms with van der Waals surface area (Å²) in [6.07, 6.45) is 0.788. The van der Waals surface area contributed by atoms with Gasteiger partial charge >= 0.3 is 18.0 Å². The number of carboxylic acids is 1. The highest BCUT2D eigenvalue weighted by atomic mass is 16.7. The Balaban J connectivity index is 1.68. The van der Waals surface area contributed by atoms with Gasteiger partial charge in [-0.2, -0.15) is 0 Å². The number of benzene rings is 1. The number of carbonyl (C=O) groups excluding carboxylic acids is 4. The van der Waals surface area contributed by atoms with Gasteiger partial charge in [0.25, 0.3) is 11.8 Å². The number of amides is 3. The molecule has 3 rings (SSSR count). The number of aryl methyl sites for hydroxylation is 1. The van der Waals surface area contributed by atoms with E-state index in [1.807, 2.05) is 13.8 Å². The van der Waals surface area contributed by atoms with Crippen LogP contribution in [-0.2, 0) is 19.1 Å². The molecule has 1 fully saturated rings. The van der Waals surface area contributed by atoms with Crippen molar-refractivity contribution in [3.63, 3.8) is 0 Å². The van der Waals surface area contributed by atoms with Gasteiger partial charge in [-0.1, -0.05) is 6.07 Å². The zero-order chi connectivity index (χ0) is 28.7. The van der Waals surface area contributed by atoms with Crippen LogP contribution in [0.4, 0.5) is 10.5 Å². The zero-order valence-electron chi connectivity index (χ0n) is 21.9. The number of hydrogen-bond donors (Lipinski definition) is 5. The molecule has 3 amide bonds. The van der Waals surface area contributed by atoms with Gasteiger partial charge in [-0.15, -0.1) is 0 Å². The molecular weight excluding hydrogens is 510 g/mol. The molecule has 0 bridgehead atoms. The van der Waals surface area contributed by atoms with Crippen molar-refractivity contribution < 1.29 is 38.6 Å². The fraction of sp³-hybridized carbons (Fsp3) is 0.385. The van der Waals surface area contributed by atoms with Gasteiger partial charge in [0.2, 0.25) is 6.79 Å². The van der Waals surface area contributed by atoms with E-state index < -0.39 is 37.2 Å². The Hall–Kier alpha value is -4.68. The van der Waals surface area contributed by atoms with Crippen molar-refractivity contribution in [2.45, 2.75) is 52.5 Å². The highest BCUT2D eigenvalue weighted by molar-refractivity contribution is 6.11. The van der Waals surface area contributed by atoms with Crippen molar-refractivity contribution in [3.05, 3.63) is 52.3 Å². The number of imide groups is 1.